The molecule has 0 spiro atoms. The number of hydrogen-bond acceptors (Lipinski definition) is 2. The number of rotatable bonds is 3. The van der Waals surface area contributed by atoms with Gasteiger partial charge in [-0.1, -0.05) is 54.6 Å². The standard InChI is InChI=1S/C22H18O2/c1-2-24-22(23)17-10-7-15(8-11-17)19-13-18-12-9-16-5-3-4-6-20(16)21(18)14-19/h3-13H,2,14H2,1H3. The van der Waals surface area contributed by atoms with E-state index in [-0.39, 0.29) is 5.97 Å². The van der Waals surface area contributed by atoms with Crippen molar-refractivity contribution in [3.63, 3.8) is 0 Å². The van der Waals surface area contributed by atoms with Gasteiger partial charge in [-0.15, -0.1) is 0 Å². The molecule has 2 heteroatoms. The van der Waals surface area contributed by atoms with E-state index in [1.165, 1.54) is 27.5 Å². The molecule has 0 saturated heterocycles. The summed E-state index contributed by atoms with van der Waals surface area (Å²) in [5.41, 5.74) is 5.72. The maximum absolute atomic E-state index is 11.8. The van der Waals surface area contributed by atoms with Crippen molar-refractivity contribution in [3.8, 4) is 0 Å². The molecule has 2 nitrogen and oxygen atoms in total. The van der Waals surface area contributed by atoms with Crippen molar-refractivity contribution in [1.82, 2.24) is 0 Å². The molecule has 0 radical (unpaired) electrons. The van der Waals surface area contributed by atoms with Gasteiger partial charge in [-0.3, -0.25) is 0 Å². The van der Waals surface area contributed by atoms with E-state index in [4.69, 9.17) is 4.74 Å². The van der Waals surface area contributed by atoms with Crippen LogP contribution in [0.5, 0.6) is 0 Å². The van der Waals surface area contributed by atoms with Crippen LogP contribution in [0.4, 0.5) is 0 Å². The zero-order valence-electron chi connectivity index (χ0n) is 13.6. The molecule has 3 aromatic rings. The Labute approximate surface area is 141 Å². The molecule has 3 aromatic carbocycles. The minimum atomic E-state index is -0.265. The summed E-state index contributed by atoms with van der Waals surface area (Å²) in [5.74, 6) is -0.265. The van der Waals surface area contributed by atoms with E-state index < -0.39 is 0 Å². The lowest BCUT2D eigenvalue weighted by molar-refractivity contribution is 0.0526. The van der Waals surface area contributed by atoms with Crippen molar-refractivity contribution in [2.75, 3.05) is 6.61 Å². The molecule has 0 fully saturated rings. The second kappa shape index (κ2) is 5.97. The molecule has 0 aliphatic heterocycles. The first kappa shape index (κ1) is 14.7. The van der Waals surface area contributed by atoms with Gasteiger partial charge in [-0.25, -0.2) is 4.79 Å². The first-order chi connectivity index (χ1) is 11.8. The Bertz CT molecular complexity index is 949. The number of allylic oxidation sites excluding steroid dienone is 1. The minimum absolute atomic E-state index is 0.265. The molecular weight excluding hydrogens is 296 g/mol. The Morgan fingerprint density at radius 3 is 2.58 bits per heavy atom. The average molecular weight is 314 g/mol. The van der Waals surface area contributed by atoms with Gasteiger partial charge in [0, 0.05) is 0 Å². The second-order valence-electron chi connectivity index (χ2n) is 6.00. The quantitative estimate of drug-likeness (QED) is 0.628. The van der Waals surface area contributed by atoms with Gasteiger partial charge in [0.2, 0.25) is 0 Å². The van der Waals surface area contributed by atoms with Crippen LogP contribution in [-0.2, 0) is 11.2 Å². The maximum atomic E-state index is 11.8. The van der Waals surface area contributed by atoms with Crippen LogP contribution in [0.2, 0.25) is 0 Å². The number of hydrogen-bond donors (Lipinski definition) is 0. The Kier molecular flexibility index (Phi) is 3.66. The van der Waals surface area contributed by atoms with Crippen LogP contribution in [0.25, 0.3) is 22.4 Å². The molecule has 0 heterocycles. The molecule has 0 bridgehead atoms. The first-order valence-corrected chi connectivity index (χ1v) is 8.25. The molecular formula is C22H18O2. The van der Waals surface area contributed by atoms with Crippen LogP contribution in [0, 0.1) is 0 Å². The molecule has 1 aliphatic rings. The van der Waals surface area contributed by atoms with Gasteiger partial charge in [0.15, 0.2) is 0 Å². The number of esters is 1. The van der Waals surface area contributed by atoms with E-state index in [1.807, 2.05) is 31.2 Å². The fraction of sp³-hybridized carbons (Fsp3) is 0.136. The van der Waals surface area contributed by atoms with Crippen molar-refractivity contribution in [2.45, 2.75) is 13.3 Å². The highest BCUT2D eigenvalue weighted by Gasteiger charge is 2.17. The molecule has 0 atom stereocenters. The minimum Gasteiger partial charge on any atom is -0.462 e. The fourth-order valence-electron chi connectivity index (χ4n) is 3.33. The maximum Gasteiger partial charge on any atom is 0.338 e. The van der Waals surface area contributed by atoms with E-state index in [0.29, 0.717) is 12.2 Å². The highest BCUT2D eigenvalue weighted by Crippen LogP contribution is 2.36. The molecule has 0 unspecified atom stereocenters. The number of fused-ring (bicyclic) bond motifs is 3. The molecule has 4 rings (SSSR count). The predicted octanol–water partition coefficient (Wildman–Crippen LogP) is 5.11. The predicted molar refractivity (Wildman–Crippen MR) is 97.9 cm³/mol. The molecule has 118 valence electrons. The fourth-order valence-corrected chi connectivity index (χ4v) is 3.33. The van der Waals surface area contributed by atoms with Crippen LogP contribution in [0.3, 0.4) is 0 Å². The van der Waals surface area contributed by atoms with Crippen LogP contribution in [0.15, 0.2) is 60.7 Å². The third-order valence-corrected chi connectivity index (χ3v) is 4.54. The van der Waals surface area contributed by atoms with Crippen molar-refractivity contribution < 1.29 is 9.53 Å². The van der Waals surface area contributed by atoms with Gasteiger partial charge < -0.3 is 4.74 Å². The lowest BCUT2D eigenvalue weighted by Crippen LogP contribution is -2.04. The van der Waals surface area contributed by atoms with Crippen LogP contribution in [-0.4, -0.2) is 12.6 Å². The number of carbonyl (C=O) groups is 1. The lowest BCUT2D eigenvalue weighted by atomic mass is 9.98. The van der Waals surface area contributed by atoms with E-state index in [2.05, 4.69) is 42.5 Å². The zero-order valence-corrected chi connectivity index (χ0v) is 13.6. The van der Waals surface area contributed by atoms with Crippen LogP contribution >= 0.6 is 0 Å². The zero-order chi connectivity index (χ0) is 16.5. The molecule has 0 saturated carbocycles. The van der Waals surface area contributed by atoms with Crippen molar-refractivity contribution in [1.29, 1.82) is 0 Å². The Morgan fingerprint density at radius 1 is 1.00 bits per heavy atom. The summed E-state index contributed by atoms with van der Waals surface area (Å²) >= 11 is 0. The summed E-state index contributed by atoms with van der Waals surface area (Å²) in [4.78, 5) is 11.8. The Hall–Kier alpha value is -2.87. The number of ether oxygens (including phenoxy) is 1. The number of benzene rings is 3. The van der Waals surface area contributed by atoms with Crippen molar-refractivity contribution >= 4 is 28.4 Å². The van der Waals surface area contributed by atoms with Gasteiger partial charge in [0.1, 0.15) is 0 Å². The van der Waals surface area contributed by atoms with Gasteiger partial charge in [-0.2, -0.15) is 0 Å². The topological polar surface area (TPSA) is 26.3 Å². The van der Waals surface area contributed by atoms with Gasteiger partial charge in [-0.05, 0) is 58.5 Å². The average Bonchev–Trinajstić information content (AvgIpc) is 3.07. The van der Waals surface area contributed by atoms with Gasteiger partial charge >= 0.3 is 5.97 Å². The van der Waals surface area contributed by atoms with E-state index in [1.54, 1.807) is 0 Å². The Balaban J connectivity index is 1.64. The smallest absolute Gasteiger partial charge is 0.338 e. The summed E-state index contributed by atoms with van der Waals surface area (Å²) in [6, 6.07) is 20.6. The summed E-state index contributed by atoms with van der Waals surface area (Å²) in [7, 11) is 0. The van der Waals surface area contributed by atoms with Crippen LogP contribution < -0.4 is 0 Å². The van der Waals surface area contributed by atoms with Gasteiger partial charge in [0.25, 0.3) is 0 Å². The third-order valence-electron chi connectivity index (χ3n) is 4.54. The SMILES string of the molecule is CCOC(=O)c1ccc(C2=Cc3ccc4ccccc4c3C2)cc1. The second-order valence-corrected chi connectivity index (χ2v) is 6.00. The molecule has 0 amide bonds. The third kappa shape index (κ3) is 2.50. The largest absolute Gasteiger partial charge is 0.462 e. The summed E-state index contributed by atoms with van der Waals surface area (Å²) < 4.78 is 5.04. The van der Waals surface area contributed by atoms with Crippen molar-refractivity contribution in [2.24, 2.45) is 0 Å². The lowest BCUT2D eigenvalue weighted by Gasteiger charge is -2.07. The highest BCUT2D eigenvalue weighted by molar-refractivity contribution is 5.98. The highest BCUT2D eigenvalue weighted by atomic mass is 16.5. The molecule has 1 aliphatic carbocycles. The monoisotopic (exact) mass is 314 g/mol. The van der Waals surface area contributed by atoms with E-state index in [0.717, 1.165) is 12.0 Å². The number of carbonyl (C=O) groups excluding carboxylic acids is 1. The molecule has 0 N–H and O–H groups in total. The molecule has 24 heavy (non-hydrogen) atoms. The first-order valence-electron chi connectivity index (χ1n) is 8.25. The van der Waals surface area contributed by atoms with Crippen LogP contribution in [0.1, 0.15) is 34.0 Å². The summed E-state index contributed by atoms with van der Waals surface area (Å²) in [5, 5.41) is 2.60. The van der Waals surface area contributed by atoms with Gasteiger partial charge in [0.05, 0.1) is 12.2 Å². The van der Waals surface area contributed by atoms with E-state index >= 15 is 0 Å². The van der Waals surface area contributed by atoms with E-state index in [9.17, 15) is 4.79 Å². The summed E-state index contributed by atoms with van der Waals surface area (Å²) in [6.45, 7) is 2.21. The molecule has 0 aromatic heterocycles. The van der Waals surface area contributed by atoms with Crippen molar-refractivity contribution in [3.05, 3.63) is 82.9 Å². The normalized spacial score (nSPS) is 12.8. The Morgan fingerprint density at radius 2 is 1.79 bits per heavy atom. The summed E-state index contributed by atoms with van der Waals surface area (Å²) in [6.07, 6.45) is 3.18.